The molecule has 138 heavy (non-hydrogen) atoms. The molecule has 0 spiro atoms. The van der Waals surface area contributed by atoms with E-state index in [1.165, 1.54) is 89.3 Å². The molecule has 0 fully saturated rings. The summed E-state index contributed by atoms with van der Waals surface area (Å²) in [7, 11) is 0. The first-order chi connectivity index (χ1) is 68.2. The van der Waals surface area contributed by atoms with Crippen molar-refractivity contribution >= 4 is 150 Å². The highest BCUT2D eigenvalue weighted by Gasteiger charge is 2.25. The maximum absolute atomic E-state index is 9.52. The summed E-state index contributed by atoms with van der Waals surface area (Å²) in [5.74, 6) is 2.94. The van der Waals surface area contributed by atoms with Gasteiger partial charge < -0.3 is 18.1 Å². The fourth-order valence-corrected chi connectivity index (χ4v) is 21.8. The molecule has 0 unspecified atom stereocenters. The van der Waals surface area contributed by atoms with Gasteiger partial charge in [-0.3, -0.25) is 0 Å². The Hall–Kier alpha value is -18.8. The van der Waals surface area contributed by atoms with E-state index in [0.717, 1.165) is 128 Å². The zero-order valence-electron chi connectivity index (χ0n) is 73.5. The summed E-state index contributed by atoms with van der Waals surface area (Å²) in [5, 5.41) is 43.2. The Balaban J connectivity index is 0.000000110. The molecular formula is C122H71N13OS2. The fraction of sp³-hybridized carbons (Fsp3) is 0. The normalized spacial score (nSPS) is 11.5. The molecule has 0 aliphatic heterocycles. The van der Waals surface area contributed by atoms with Crippen LogP contribution >= 0.6 is 22.7 Å². The average molecular weight is 1800 g/mol. The highest BCUT2D eigenvalue weighted by Crippen LogP contribution is 2.48. The van der Waals surface area contributed by atoms with Crippen molar-refractivity contribution in [1.82, 2.24) is 48.6 Å². The largest absolute Gasteiger partial charge is 0.454 e. The molecule has 18 aromatic carbocycles. The van der Waals surface area contributed by atoms with Crippen molar-refractivity contribution in [3.05, 3.63) is 447 Å². The van der Waals surface area contributed by atoms with Gasteiger partial charge in [0.25, 0.3) is 0 Å². The van der Waals surface area contributed by atoms with Crippen LogP contribution in [0, 0.1) is 34.0 Å². The Kier molecular flexibility index (Phi) is 20.1. The van der Waals surface area contributed by atoms with Crippen LogP contribution in [-0.4, -0.2) is 48.6 Å². The van der Waals surface area contributed by atoms with Crippen LogP contribution in [0.1, 0.15) is 16.7 Å². The summed E-state index contributed by atoms with van der Waals surface area (Å²) in [5.41, 5.74) is 25.0. The molecule has 0 amide bonds. The number of hydrogen-bond donors (Lipinski definition) is 0. The van der Waals surface area contributed by atoms with Crippen LogP contribution in [-0.2, 0) is 0 Å². The minimum atomic E-state index is 0.527. The number of para-hydroxylation sites is 4. The Morgan fingerprint density at radius 2 is 0.507 bits per heavy atom. The number of aromatic nitrogens is 10. The lowest BCUT2D eigenvalue weighted by molar-refractivity contribution is 0.671. The van der Waals surface area contributed by atoms with E-state index in [9.17, 15) is 15.8 Å². The van der Waals surface area contributed by atoms with Crippen molar-refractivity contribution in [3.63, 3.8) is 0 Å². The van der Waals surface area contributed by atoms with Crippen LogP contribution in [0.4, 0.5) is 0 Å². The summed E-state index contributed by atoms with van der Waals surface area (Å²) >= 11 is 3.70. The minimum absolute atomic E-state index is 0.527. The Morgan fingerprint density at radius 1 is 0.210 bits per heavy atom. The lowest BCUT2D eigenvalue weighted by Gasteiger charge is -2.12. The highest BCUT2D eigenvalue weighted by molar-refractivity contribution is 7.27. The van der Waals surface area contributed by atoms with Gasteiger partial charge in [0.15, 0.2) is 34.7 Å². The van der Waals surface area contributed by atoms with Crippen LogP contribution in [0.3, 0.4) is 0 Å². The Labute approximate surface area is 798 Å². The molecule has 0 aliphatic rings. The standard InChI is InChI=1S/C41H24N4O.C41H24N4S.C40H23N5S/c2*42-25-26-9-8-12-29(23-26)36-24-35(27-10-2-1-3-11-27)43-41(44-36)28-17-19-30(20-18-28)45-37-15-6-4-13-31(37)33-21-22-34-32-14-5-7-16-38(32)46-40(34)39(33)45;41-24-25-9-8-12-28(23-25)40-43-38(26-10-2-1-3-11-26)42-39(44-40)27-17-19-29(20-18-27)45-34-15-6-4-13-30(34)32-21-22-33-31-14-5-7-16-35(31)46-37(33)36(32)45/h2*1-24H;1-23H. The van der Waals surface area contributed by atoms with E-state index in [0.29, 0.717) is 45.8 Å². The van der Waals surface area contributed by atoms with Gasteiger partial charge in [0.05, 0.1) is 100 Å². The second-order valence-electron chi connectivity index (χ2n) is 33.9. The van der Waals surface area contributed by atoms with Gasteiger partial charge in [0.1, 0.15) is 5.58 Å². The molecule has 642 valence electrons. The minimum Gasteiger partial charge on any atom is -0.454 e. The van der Waals surface area contributed by atoms with E-state index in [1.54, 1.807) is 12.1 Å². The van der Waals surface area contributed by atoms with Gasteiger partial charge in [-0.05, 0) is 164 Å². The summed E-state index contributed by atoms with van der Waals surface area (Å²) in [6.07, 6.45) is 0. The van der Waals surface area contributed by atoms with Crippen LogP contribution in [0.2, 0.25) is 0 Å². The van der Waals surface area contributed by atoms with E-state index in [4.69, 9.17) is 39.3 Å². The van der Waals surface area contributed by atoms with Crippen molar-refractivity contribution in [2.24, 2.45) is 0 Å². The number of nitrogens with zero attached hydrogens (tertiary/aromatic N) is 13. The fourth-order valence-electron chi connectivity index (χ4n) is 19.3. The lowest BCUT2D eigenvalue weighted by Crippen LogP contribution is -2.00. The van der Waals surface area contributed by atoms with Crippen molar-refractivity contribution in [2.75, 3.05) is 0 Å². The van der Waals surface area contributed by atoms with Crippen LogP contribution in [0.25, 0.3) is 247 Å². The van der Waals surface area contributed by atoms with Crippen LogP contribution < -0.4 is 0 Å². The molecule has 0 aliphatic carbocycles. The maximum Gasteiger partial charge on any atom is 0.164 e. The summed E-state index contributed by atoms with van der Waals surface area (Å²) < 4.78 is 18.7. The molecular weight excluding hydrogens is 1730 g/mol. The average Bonchev–Trinajstić information content (AvgIpc) is 1.57. The summed E-state index contributed by atoms with van der Waals surface area (Å²) in [6.45, 7) is 0. The molecule has 27 rings (SSSR count). The van der Waals surface area contributed by atoms with Gasteiger partial charge in [0, 0.05) is 141 Å². The molecule has 9 heterocycles. The molecule has 0 bridgehead atoms. The van der Waals surface area contributed by atoms with E-state index in [-0.39, 0.29) is 0 Å². The van der Waals surface area contributed by atoms with Crippen LogP contribution in [0.15, 0.2) is 435 Å². The Morgan fingerprint density at radius 3 is 0.928 bits per heavy atom. The van der Waals surface area contributed by atoms with Crippen molar-refractivity contribution < 1.29 is 4.42 Å². The van der Waals surface area contributed by atoms with E-state index in [2.05, 4.69) is 287 Å². The molecule has 0 radical (unpaired) electrons. The topological polar surface area (TPSA) is 190 Å². The number of fused-ring (bicyclic) bond motifs is 21. The third-order valence-electron chi connectivity index (χ3n) is 25.8. The molecule has 9 aromatic heterocycles. The monoisotopic (exact) mass is 1800 g/mol. The van der Waals surface area contributed by atoms with Gasteiger partial charge in [-0.25, -0.2) is 34.9 Å². The summed E-state index contributed by atoms with van der Waals surface area (Å²) in [6, 6.07) is 153. The molecule has 14 nitrogen and oxygen atoms in total. The predicted octanol–water partition coefficient (Wildman–Crippen LogP) is 31.4. The first-order valence-electron chi connectivity index (χ1n) is 45.3. The first kappa shape index (κ1) is 81.2. The maximum atomic E-state index is 9.52. The first-order valence-corrected chi connectivity index (χ1v) is 46.9. The van der Waals surface area contributed by atoms with E-state index >= 15 is 0 Å². The number of nitriles is 3. The second-order valence-corrected chi connectivity index (χ2v) is 36.0. The van der Waals surface area contributed by atoms with E-state index < -0.39 is 0 Å². The SMILES string of the molecule is N#Cc1cccc(-c2cc(-c3ccccc3)nc(-c3ccc(-n4c5ccccc5c5ccc6c7ccccc7oc6c54)cc3)n2)c1.N#Cc1cccc(-c2cc(-c3ccccc3)nc(-c3ccc(-n4c5ccccc5c5ccc6c7ccccc7sc6c54)cc3)n2)c1.N#Cc1cccc(-c2nc(-c3ccccc3)nc(-c3ccc(-n4c5ccccc5c5ccc6c7ccccc7sc6c54)cc3)n2)c1. The molecule has 0 atom stereocenters. The molecule has 0 saturated heterocycles. The zero-order chi connectivity index (χ0) is 91.8. The smallest absolute Gasteiger partial charge is 0.164 e. The highest BCUT2D eigenvalue weighted by atomic mass is 32.1. The van der Waals surface area contributed by atoms with Gasteiger partial charge in [-0.15, -0.1) is 22.7 Å². The molecule has 16 heteroatoms. The lowest BCUT2D eigenvalue weighted by atomic mass is 10.0. The van der Waals surface area contributed by atoms with Crippen molar-refractivity contribution in [2.45, 2.75) is 0 Å². The third-order valence-corrected chi connectivity index (χ3v) is 28.2. The van der Waals surface area contributed by atoms with E-state index in [1.807, 2.05) is 186 Å². The second kappa shape index (κ2) is 34.1. The van der Waals surface area contributed by atoms with Gasteiger partial charge >= 0.3 is 0 Å². The quantitative estimate of drug-likeness (QED) is 0.113. The number of furan rings is 1. The molecule has 0 N–H and O–H groups in total. The van der Waals surface area contributed by atoms with Crippen molar-refractivity contribution in [1.29, 1.82) is 15.8 Å². The van der Waals surface area contributed by atoms with Crippen molar-refractivity contribution in [3.8, 4) is 137 Å². The molecule has 0 saturated carbocycles. The van der Waals surface area contributed by atoms with Gasteiger partial charge in [0.2, 0.25) is 0 Å². The van der Waals surface area contributed by atoms with Gasteiger partial charge in [-0.1, -0.05) is 267 Å². The number of rotatable bonds is 12. The summed E-state index contributed by atoms with van der Waals surface area (Å²) in [4.78, 5) is 34.6. The number of thiophene rings is 2. The zero-order valence-corrected chi connectivity index (χ0v) is 75.2. The van der Waals surface area contributed by atoms with Gasteiger partial charge in [-0.2, -0.15) is 15.8 Å². The number of hydrogen-bond acceptors (Lipinski definition) is 13. The number of benzene rings is 18. The predicted molar refractivity (Wildman–Crippen MR) is 563 cm³/mol. The molecule has 27 aromatic rings. The van der Waals surface area contributed by atoms with Crippen LogP contribution in [0.5, 0.6) is 0 Å². The Bertz CT molecular complexity index is 8820. The third kappa shape index (κ3) is 14.4.